The number of carbonyl (C=O) groups excluding carboxylic acids is 2. The van der Waals surface area contributed by atoms with E-state index in [0.29, 0.717) is 18.1 Å². The summed E-state index contributed by atoms with van der Waals surface area (Å²) in [5, 5.41) is 0. The molecule has 0 aromatic heterocycles. The van der Waals surface area contributed by atoms with Crippen molar-refractivity contribution < 1.29 is 14.3 Å². The van der Waals surface area contributed by atoms with Crippen LogP contribution in [0.4, 0.5) is 0 Å². The number of ether oxygens (including phenoxy) is 1. The van der Waals surface area contributed by atoms with Crippen molar-refractivity contribution in [3.05, 3.63) is 12.2 Å². The van der Waals surface area contributed by atoms with Gasteiger partial charge in [0, 0.05) is 5.92 Å². The molecule has 0 amide bonds. The largest absolute Gasteiger partial charge is 0.461 e. The number of esters is 1. The Labute approximate surface area is 76.8 Å². The molecule has 3 atom stereocenters. The monoisotopic (exact) mass is 180 g/mol. The van der Waals surface area contributed by atoms with Crippen molar-refractivity contribution in [2.24, 2.45) is 11.8 Å². The molecule has 2 aliphatic carbocycles. The second-order valence-electron chi connectivity index (χ2n) is 3.68. The van der Waals surface area contributed by atoms with Crippen LogP contribution in [-0.2, 0) is 14.3 Å². The molecule has 0 spiro atoms. The highest BCUT2D eigenvalue weighted by atomic mass is 16.5. The molecule has 0 N–H and O–H groups in total. The first-order valence-electron chi connectivity index (χ1n) is 4.61. The van der Waals surface area contributed by atoms with Gasteiger partial charge in [0.2, 0.25) is 0 Å². The summed E-state index contributed by atoms with van der Waals surface area (Å²) in [5.74, 6) is 0.612. The summed E-state index contributed by atoms with van der Waals surface area (Å²) in [6, 6.07) is 0. The summed E-state index contributed by atoms with van der Waals surface area (Å²) in [5.41, 5.74) is 0. The quantitative estimate of drug-likeness (QED) is 0.282. The summed E-state index contributed by atoms with van der Waals surface area (Å²) in [6.07, 6.45) is 6.86. The molecule has 0 aromatic rings. The molecule has 2 aliphatic rings. The molecule has 3 heteroatoms. The van der Waals surface area contributed by atoms with Crippen LogP contribution in [0.25, 0.3) is 0 Å². The normalized spacial score (nSPS) is 34.9. The highest BCUT2D eigenvalue weighted by molar-refractivity contribution is 5.83. The maximum atomic E-state index is 11.0. The highest BCUT2D eigenvalue weighted by Crippen LogP contribution is 2.40. The minimum atomic E-state index is -0.388. The first kappa shape index (κ1) is 8.48. The van der Waals surface area contributed by atoms with E-state index in [1.807, 2.05) is 0 Å². The van der Waals surface area contributed by atoms with E-state index in [0.717, 1.165) is 12.8 Å². The van der Waals surface area contributed by atoms with Crippen LogP contribution in [0.1, 0.15) is 19.3 Å². The van der Waals surface area contributed by atoms with Crippen molar-refractivity contribution >= 4 is 12.3 Å². The first-order chi connectivity index (χ1) is 6.29. The fraction of sp³-hybridized carbons (Fsp3) is 0.600. The van der Waals surface area contributed by atoms with Gasteiger partial charge in [-0.25, -0.2) is 0 Å². The molecule has 0 heterocycles. The molecule has 1 saturated carbocycles. The third-order valence-corrected chi connectivity index (χ3v) is 2.75. The SMILES string of the molecule is O=CCC(=O)OC1CC2C=CC1C2. The van der Waals surface area contributed by atoms with E-state index in [2.05, 4.69) is 12.2 Å². The molecule has 13 heavy (non-hydrogen) atoms. The van der Waals surface area contributed by atoms with E-state index in [1.165, 1.54) is 0 Å². The van der Waals surface area contributed by atoms with Crippen molar-refractivity contribution in [1.82, 2.24) is 0 Å². The van der Waals surface area contributed by atoms with Gasteiger partial charge in [0.25, 0.3) is 0 Å². The molecule has 3 unspecified atom stereocenters. The van der Waals surface area contributed by atoms with Gasteiger partial charge in [0.1, 0.15) is 18.8 Å². The summed E-state index contributed by atoms with van der Waals surface area (Å²) < 4.78 is 5.16. The fourth-order valence-electron chi connectivity index (χ4n) is 2.15. The lowest BCUT2D eigenvalue weighted by atomic mass is 10.0. The molecule has 70 valence electrons. The van der Waals surface area contributed by atoms with Crippen molar-refractivity contribution in [1.29, 1.82) is 0 Å². The second-order valence-corrected chi connectivity index (χ2v) is 3.68. The number of aldehydes is 1. The topological polar surface area (TPSA) is 43.4 Å². The lowest BCUT2D eigenvalue weighted by Crippen LogP contribution is -2.22. The van der Waals surface area contributed by atoms with Gasteiger partial charge < -0.3 is 9.53 Å². The average Bonchev–Trinajstić information content (AvgIpc) is 2.65. The molecule has 0 aromatic carbocycles. The zero-order chi connectivity index (χ0) is 9.26. The molecule has 1 fully saturated rings. The van der Waals surface area contributed by atoms with E-state index in [4.69, 9.17) is 4.74 Å². The van der Waals surface area contributed by atoms with Gasteiger partial charge >= 0.3 is 5.97 Å². The Morgan fingerprint density at radius 1 is 1.46 bits per heavy atom. The molecular weight excluding hydrogens is 168 g/mol. The summed E-state index contributed by atoms with van der Waals surface area (Å²) in [4.78, 5) is 21.0. The number of rotatable bonds is 3. The molecule has 2 rings (SSSR count). The predicted octanol–water partition coefficient (Wildman–Crippen LogP) is 1.08. The third kappa shape index (κ3) is 1.64. The highest BCUT2D eigenvalue weighted by Gasteiger charge is 2.37. The standard InChI is InChI=1S/C10H12O3/c11-4-3-10(12)13-9-6-7-1-2-8(9)5-7/h1-2,4,7-9H,3,5-6H2. The van der Waals surface area contributed by atoms with Gasteiger partial charge in [0.05, 0.1) is 0 Å². The fourth-order valence-corrected chi connectivity index (χ4v) is 2.15. The molecule has 0 radical (unpaired) electrons. The zero-order valence-electron chi connectivity index (χ0n) is 7.31. The van der Waals surface area contributed by atoms with E-state index in [9.17, 15) is 9.59 Å². The predicted molar refractivity (Wildman–Crippen MR) is 45.9 cm³/mol. The third-order valence-electron chi connectivity index (χ3n) is 2.75. The van der Waals surface area contributed by atoms with Gasteiger partial charge in [0.15, 0.2) is 0 Å². The summed E-state index contributed by atoms with van der Waals surface area (Å²) in [7, 11) is 0. The number of hydrogen-bond acceptors (Lipinski definition) is 3. The Bertz CT molecular complexity index is 257. The van der Waals surface area contributed by atoms with Gasteiger partial charge in [-0.05, 0) is 18.8 Å². The Balaban J connectivity index is 1.86. The molecule has 0 saturated heterocycles. The number of allylic oxidation sites excluding steroid dienone is 1. The van der Waals surface area contributed by atoms with Crippen molar-refractivity contribution in [3.8, 4) is 0 Å². The van der Waals surface area contributed by atoms with Crippen LogP contribution < -0.4 is 0 Å². The van der Waals surface area contributed by atoms with E-state index in [-0.39, 0.29) is 18.5 Å². The maximum Gasteiger partial charge on any atom is 0.313 e. The van der Waals surface area contributed by atoms with Crippen LogP contribution >= 0.6 is 0 Å². The van der Waals surface area contributed by atoms with Gasteiger partial charge in [-0.3, -0.25) is 4.79 Å². The molecule has 2 bridgehead atoms. The lowest BCUT2D eigenvalue weighted by Gasteiger charge is -2.17. The van der Waals surface area contributed by atoms with Gasteiger partial charge in [-0.2, -0.15) is 0 Å². The average molecular weight is 180 g/mol. The van der Waals surface area contributed by atoms with Crippen LogP contribution in [0.3, 0.4) is 0 Å². The minimum absolute atomic E-state index is 0.0300. The Morgan fingerprint density at radius 2 is 2.31 bits per heavy atom. The van der Waals surface area contributed by atoms with Crippen LogP contribution in [0.2, 0.25) is 0 Å². The van der Waals surface area contributed by atoms with E-state index in [1.54, 1.807) is 0 Å². The number of fused-ring (bicyclic) bond motifs is 2. The Morgan fingerprint density at radius 3 is 2.85 bits per heavy atom. The lowest BCUT2D eigenvalue weighted by molar-refractivity contribution is -0.150. The van der Waals surface area contributed by atoms with Crippen molar-refractivity contribution in [2.45, 2.75) is 25.4 Å². The smallest absolute Gasteiger partial charge is 0.313 e. The Kier molecular flexibility index (Phi) is 2.17. The minimum Gasteiger partial charge on any atom is -0.461 e. The van der Waals surface area contributed by atoms with E-state index < -0.39 is 0 Å². The van der Waals surface area contributed by atoms with Gasteiger partial charge in [-0.15, -0.1) is 0 Å². The maximum absolute atomic E-state index is 11.0. The van der Waals surface area contributed by atoms with E-state index >= 15 is 0 Å². The van der Waals surface area contributed by atoms with Crippen LogP contribution in [-0.4, -0.2) is 18.4 Å². The Hall–Kier alpha value is -1.12. The second kappa shape index (κ2) is 3.32. The molecule has 0 aliphatic heterocycles. The summed E-state index contributed by atoms with van der Waals surface area (Å²) >= 11 is 0. The molecular formula is C10H12O3. The van der Waals surface area contributed by atoms with Crippen molar-refractivity contribution in [2.75, 3.05) is 0 Å². The van der Waals surface area contributed by atoms with Gasteiger partial charge in [-0.1, -0.05) is 12.2 Å². The zero-order valence-corrected chi connectivity index (χ0v) is 7.31. The molecule has 3 nitrogen and oxygen atoms in total. The number of carbonyl (C=O) groups is 2. The van der Waals surface area contributed by atoms with Crippen LogP contribution in [0.5, 0.6) is 0 Å². The first-order valence-corrected chi connectivity index (χ1v) is 4.61. The summed E-state index contributed by atoms with van der Waals surface area (Å²) in [6.45, 7) is 0. The van der Waals surface area contributed by atoms with Crippen LogP contribution in [0.15, 0.2) is 12.2 Å². The van der Waals surface area contributed by atoms with Crippen molar-refractivity contribution in [3.63, 3.8) is 0 Å². The van der Waals surface area contributed by atoms with Crippen LogP contribution in [0, 0.1) is 11.8 Å². The number of hydrogen-bond donors (Lipinski definition) is 0.